The number of nitrogens with two attached hydrogens (primary N) is 1. The lowest BCUT2D eigenvalue weighted by atomic mass is 9.79. The minimum atomic E-state index is -4.47. The quantitative estimate of drug-likeness (QED) is 0.386. The van der Waals surface area contributed by atoms with Crippen LogP contribution in [0.4, 0.5) is 0 Å². The minimum Gasteiger partial charge on any atom is -0.385 e. The van der Waals surface area contributed by atoms with Crippen molar-refractivity contribution in [2.75, 3.05) is 20.3 Å². The molecule has 0 spiro atoms. The van der Waals surface area contributed by atoms with E-state index in [0.717, 1.165) is 38.2 Å². The molecule has 4 N–H and O–H groups in total. The zero-order chi connectivity index (χ0) is 20.9. The Kier molecular flexibility index (Phi) is 7.94. The Hall–Kier alpha value is -0.750. The summed E-state index contributed by atoms with van der Waals surface area (Å²) in [4.78, 5) is 17.9. The minimum absolute atomic E-state index is 0.0925. The number of ether oxygens (including phenoxy) is 1. The normalized spacial score (nSPS) is 27.2. The number of benzene rings is 1. The van der Waals surface area contributed by atoms with Gasteiger partial charge in [0.1, 0.15) is 0 Å². The van der Waals surface area contributed by atoms with E-state index in [1.54, 1.807) is 7.11 Å². The van der Waals surface area contributed by atoms with Crippen LogP contribution in [0.2, 0.25) is 0 Å². The van der Waals surface area contributed by atoms with Gasteiger partial charge in [-0.05, 0) is 73.5 Å². The first kappa shape index (κ1) is 22.9. The second-order valence-corrected chi connectivity index (χ2v) is 10.3. The predicted octanol–water partition coefficient (Wildman–Crippen LogP) is 4.07. The highest BCUT2D eigenvalue weighted by atomic mass is 31.2. The molecule has 2 aliphatic rings. The van der Waals surface area contributed by atoms with E-state index in [9.17, 15) is 4.57 Å². The summed E-state index contributed by atoms with van der Waals surface area (Å²) in [6, 6.07) is 6.88. The highest BCUT2D eigenvalue weighted by Crippen LogP contribution is 2.44. The fourth-order valence-corrected chi connectivity index (χ4v) is 5.42. The van der Waals surface area contributed by atoms with Gasteiger partial charge in [-0.1, -0.05) is 37.5 Å². The fraction of sp³-hybridized carbons (Fsp3) is 0.727. The van der Waals surface area contributed by atoms with E-state index in [1.165, 1.54) is 48.8 Å². The van der Waals surface area contributed by atoms with Crippen LogP contribution in [0.15, 0.2) is 18.2 Å². The number of rotatable bonds is 10. The average Bonchev–Trinajstić information content (AvgIpc) is 3.08. The molecule has 0 aromatic heterocycles. The van der Waals surface area contributed by atoms with E-state index in [4.69, 9.17) is 24.8 Å². The smallest absolute Gasteiger partial charge is 0.385 e. The van der Waals surface area contributed by atoms with Crippen LogP contribution in [0.3, 0.4) is 0 Å². The summed E-state index contributed by atoms with van der Waals surface area (Å²) in [7, 11) is -2.71. The van der Waals surface area contributed by atoms with E-state index in [-0.39, 0.29) is 6.61 Å². The van der Waals surface area contributed by atoms with Gasteiger partial charge in [0.25, 0.3) is 0 Å². The lowest BCUT2D eigenvalue weighted by Gasteiger charge is -2.27. The molecule has 0 aliphatic heterocycles. The van der Waals surface area contributed by atoms with Crippen LogP contribution < -0.4 is 5.73 Å². The highest BCUT2D eigenvalue weighted by Gasteiger charge is 2.38. The zero-order valence-electron chi connectivity index (χ0n) is 17.5. The fourth-order valence-electron chi connectivity index (χ4n) is 4.99. The summed E-state index contributed by atoms with van der Waals surface area (Å²) in [5.74, 6) is 1.13. The van der Waals surface area contributed by atoms with E-state index < -0.39 is 13.4 Å². The third-order valence-corrected chi connectivity index (χ3v) is 7.12. The van der Waals surface area contributed by atoms with Crippen molar-refractivity contribution in [1.29, 1.82) is 0 Å². The lowest BCUT2D eigenvalue weighted by molar-refractivity contribution is 0.153. The van der Waals surface area contributed by atoms with Crippen LogP contribution in [-0.4, -0.2) is 35.6 Å². The molecule has 29 heavy (non-hydrogen) atoms. The van der Waals surface area contributed by atoms with Gasteiger partial charge < -0.3 is 20.3 Å². The van der Waals surface area contributed by atoms with Gasteiger partial charge in [-0.2, -0.15) is 0 Å². The monoisotopic (exact) mass is 425 g/mol. The Morgan fingerprint density at radius 1 is 1.21 bits per heavy atom. The predicted molar refractivity (Wildman–Crippen MR) is 114 cm³/mol. The maximum Gasteiger partial charge on any atom is 0.469 e. The van der Waals surface area contributed by atoms with E-state index in [1.807, 2.05) is 0 Å². The van der Waals surface area contributed by atoms with Crippen molar-refractivity contribution in [3.63, 3.8) is 0 Å². The molecule has 164 valence electrons. The van der Waals surface area contributed by atoms with Gasteiger partial charge in [-0.15, -0.1) is 0 Å². The number of aryl methyl sites for hydroxylation is 1. The number of methoxy groups -OCH3 is 1. The zero-order valence-corrected chi connectivity index (χ0v) is 18.4. The number of fused-ring (bicyclic) bond motifs is 1. The van der Waals surface area contributed by atoms with Crippen LogP contribution in [0.25, 0.3) is 0 Å². The topological polar surface area (TPSA) is 102 Å². The van der Waals surface area contributed by atoms with Gasteiger partial charge in [0.15, 0.2) is 0 Å². The second kappa shape index (κ2) is 10.0. The number of unbranched alkanes of at least 4 members (excludes halogenated alkanes) is 2. The maximum absolute atomic E-state index is 11.0. The molecule has 1 aromatic rings. The van der Waals surface area contributed by atoms with Crippen molar-refractivity contribution in [3.8, 4) is 0 Å². The summed E-state index contributed by atoms with van der Waals surface area (Å²) in [5.41, 5.74) is 9.96. The van der Waals surface area contributed by atoms with E-state index in [0.29, 0.717) is 12.3 Å². The van der Waals surface area contributed by atoms with Crippen molar-refractivity contribution in [1.82, 2.24) is 0 Å². The molecule has 0 heterocycles. The molecular weight excluding hydrogens is 389 g/mol. The molecule has 0 saturated heterocycles. The first-order valence-corrected chi connectivity index (χ1v) is 12.4. The van der Waals surface area contributed by atoms with Crippen molar-refractivity contribution in [3.05, 3.63) is 34.9 Å². The van der Waals surface area contributed by atoms with E-state index >= 15 is 0 Å². The van der Waals surface area contributed by atoms with Crippen LogP contribution in [0, 0.1) is 5.92 Å². The van der Waals surface area contributed by atoms with Crippen molar-refractivity contribution >= 4 is 7.82 Å². The molecular formula is C22H36NO5P. The third kappa shape index (κ3) is 6.88. The second-order valence-electron chi connectivity index (χ2n) is 9.05. The Bertz CT molecular complexity index is 721. The average molecular weight is 426 g/mol. The Balaban J connectivity index is 1.52. The standard InChI is InChI=1S/C22H36NO5P/c1-27-12-4-2-3-5-17-6-7-19-14-20(9-8-18(19)13-17)21-10-11-22(23,15-21)16-28-29(24,25)26/h8-9,14,17,21H,2-7,10-13,15-16,23H2,1H3,(H2,24,25,26)/t17-,21-,22+/m0/s1. The van der Waals surface area contributed by atoms with Gasteiger partial charge in [0.05, 0.1) is 6.61 Å². The summed E-state index contributed by atoms with van der Waals surface area (Å²) in [6.07, 6.45) is 11.0. The highest BCUT2D eigenvalue weighted by molar-refractivity contribution is 7.46. The molecule has 7 heteroatoms. The molecule has 2 aliphatic carbocycles. The number of phosphoric acid groups is 1. The number of phosphoric ester groups is 1. The lowest BCUT2D eigenvalue weighted by Crippen LogP contribution is -2.41. The molecule has 0 radical (unpaired) electrons. The van der Waals surface area contributed by atoms with Crippen molar-refractivity contribution in [2.45, 2.75) is 75.7 Å². The molecule has 6 nitrogen and oxygen atoms in total. The maximum atomic E-state index is 11.0. The SMILES string of the molecule is COCCCCC[C@H]1CCc2cc([C@H]3CC[C@](N)(COP(=O)(O)O)C3)ccc2C1. The first-order valence-electron chi connectivity index (χ1n) is 10.9. The summed E-state index contributed by atoms with van der Waals surface area (Å²) in [5, 5.41) is 0. The Labute approximate surface area is 174 Å². The summed E-state index contributed by atoms with van der Waals surface area (Å²) < 4.78 is 20.8. The largest absolute Gasteiger partial charge is 0.469 e. The molecule has 1 fully saturated rings. The summed E-state index contributed by atoms with van der Waals surface area (Å²) in [6.45, 7) is 0.776. The van der Waals surface area contributed by atoms with Crippen molar-refractivity contribution in [2.24, 2.45) is 11.7 Å². The molecule has 1 aromatic carbocycles. The van der Waals surface area contributed by atoms with Gasteiger partial charge in [-0.25, -0.2) is 4.57 Å². The third-order valence-electron chi connectivity index (χ3n) is 6.66. The molecule has 1 saturated carbocycles. The van der Waals surface area contributed by atoms with Crippen LogP contribution in [0.1, 0.15) is 74.0 Å². The first-order chi connectivity index (χ1) is 13.8. The number of hydrogen-bond donors (Lipinski definition) is 3. The molecule has 3 atom stereocenters. The molecule has 0 amide bonds. The van der Waals surface area contributed by atoms with Gasteiger partial charge in [0.2, 0.25) is 0 Å². The van der Waals surface area contributed by atoms with Crippen LogP contribution >= 0.6 is 7.82 Å². The number of hydrogen-bond acceptors (Lipinski definition) is 4. The van der Waals surface area contributed by atoms with Crippen LogP contribution in [0.5, 0.6) is 0 Å². The summed E-state index contributed by atoms with van der Waals surface area (Å²) >= 11 is 0. The molecule has 3 rings (SSSR count). The molecule has 0 bridgehead atoms. The van der Waals surface area contributed by atoms with E-state index in [2.05, 4.69) is 18.2 Å². The van der Waals surface area contributed by atoms with Crippen LogP contribution in [-0.2, 0) is 26.7 Å². The molecule has 0 unspecified atom stereocenters. The van der Waals surface area contributed by atoms with Gasteiger partial charge >= 0.3 is 7.82 Å². The Morgan fingerprint density at radius 3 is 2.79 bits per heavy atom. The van der Waals surface area contributed by atoms with Gasteiger partial charge in [0, 0.05) is 19.3 Å². The van der Waals surface area contributed by atoms with Gasteiger partial charge in [-0.3, -0.25) is 4.52 Å². The van der Waals surface area contributed by atoms with Crippen molar-refractivity contribution < 1.29 is 23.6 Å². The Morgan fingerprint density at radius 2 is 2.03 bits per heavy atom.